The number of thioether (sulfide) groups is 1. The van der Waals surface area contributed by atoms with Crippen LogP contribution in [0.3, 0.4) is 0 Å². The smallest absolute Gasteiger partial charge is 0.280 e. The second-order valence-electron chi connectivity index (χ2n) is 10.1. The van der Waals surface area contributed by atoms with Gasteiger partial charge in [0.15, 0.2) is 17.0 Å². The first-order chi connectivity index (χ1) is 19.4. The maximum atomic E-state index is 13.9. The van der Waals surface area contributed by atoms with E-state index in [-0.39, 0.29) is 35.5 Å². The molecule has 8 nitrogen and oxygen atoms in total. The molecule has 1 aliphatic carbocycles. The van der Waals surface area contributed by atoms with Gasteiger partial charge in [-0.3, -0.25) is 14.9 Å². The van der Waals surface area contributed by atoms with Crippen molar-refractivity contribution in [3.63, 3.8) is 0 Å². The van der Waals surface area contributed by atoms with Gasteiger partial charge in [0.25, 0.3) is 11.6 Å². The molecule has 1 unspecified atom stereocenters. The van der Waals surface area contributed by atoms with Crippen molar-refractivity contribution in [2.45, 2.75) is 50.8 Å². The molecule has 1 N–H and O–H groups in total. The zero-order valence-corrected chi connectivity index (χ0v) is 23.4. The average molecular weight is 560 g/mol. The highest BCUT2D eigenvalue weighted by atomic mass is 32.2. The second kappa shape index (κ2) is 12.5. The van der Waals surface area contributed by atoms with E-state index in [1.807, 2.05) is 65.6 Å². The Labute approximate surface area is 238 Å². The average Bonchev–Trinajstić information content (AvgIpc) is 3.26. The minimum atomic E-state index is -0.452. The van der Waals surface area contributed by atoms with Crippen LogP contribution in [0.25, 0.3) is 6.08 Å². The van der Waals surface area contributed by atoms with Gasteiger partial charge in [-0.25, -0.2) is 0 Å². The zero-order chi connectivity index (χ0) is 28.1. The number of benzene rings is 3. The molecule has 3 atom stereocenters. The third kappa shape index (κ3) is 6.09. The topological polar surface area (TPSA) is 93.9 Å². The fraction of sp³-hybridized carbons (Fsp3) is 0.323. The molecule has 1 saturated heterocycles. The van der Waals surface area contributed by atoms with Crippen molar-refractivity contribution in [2.75, 3.05) is 12.4 Å². The van der Waals surface area contributed by atoms with E-state index in [1.165, 1.54) is 24.9 Å². The maximum absolute atomic E-state index is 13.9. The van der Waals surface area contributed by atoms with Gasteiger partial charge >= 0.3 is 0 Å². The molecule has 2 aliphatic rings. The molecule has 1 aliphatic heterocycles. The molecular weight excluding hydrogens is 526 g/mol. The number of carbonyl (C=O) groups excluding carboxylic acids is 1. The minimum Gasteiger partial charge on any atom is -0.493 e. The molecule has 5 rings (SSSR count). The van der Waals surface area contributed by atoms with Crippen LogP contribution in [0.15, 0.2) is 77.7 Å². The van der Waals surface area contributed by atoms with Gasteiger partial charge in [-0.15, -0.1) is 0 Å². The third-order valence-corrected chi connectivity index (χ3v) is 8.57. The summed E-state index contributed by atoms with van der Waals surface area (Å²) in [5.74, 6) is 0.885. The van der Waals surface area contributed by atoms with Crippen molar-refractivity contribution >= 4 is 35.1 Å². The van der Waals surface area contributed by atoms with Gasteiger partial charge in [0.1, 0.15) is 6.61 Å². The van der Waals surface area contributed by atoms with Crippen molar-refractivity contribution in [1.82, 2.24) is 4.90 Å². The third-order valence-electron chi connectivity index (χ3n) is 7.46. The van der Waals surface area contributed by atoms with E-state index in [0.717, 1.165) is 36.9 Å². The highest BCUT2D eigenvalue weighted by Gasteiger charge is 2.43. The number of nitro groups is 1. The second-order valence-corrected chi connectivity index (χ2v) is 11.2. The van der Waals surface area contributed by atoms with Crippen LogP contribution in [-0.4, -0.2) is 34.4 Å². The fourth-order valence-corrected chi connectivity index (χ4v) is 6.56. The van der Waals surface area contributed by atoms with E-state index in [9.17, 15) is 14.9 Å². The number of nitrogens with one attached hydrogen (secondary N) is 1. The van der Waals surface area contributed by atoms with Crippen LogP contribution in [0.1, 0.15) is 43.7 Å². The summed E-state index contributed by atoms with van der Waals surface area (Å²) in [6.07, 6.45) is 5.87. The lowest BCUT2D eigenvalue weighted by Gasteiger charge is -2.39. The van der Waals surface area contributed by atoms with Gasteiger partial charge in [0, 0.05) is 11.7 Å². The molecule has 0 bridgehead atoms. The number of nitrogens with zero attached hydrogens (tertiary/aromatic N) is 2. The molecule has 0 spiro atoms. The minimum absolute atomic E-state index is 0.0964. The Hall–Kier alpha value is -3.98. The fourth-order valence-electron chi connectivity index (χ4n) is 5.35. The summed E-state index contributed by atoms with van der Waals surface area (Å²) in [5, 5.41) is 15.6. The number of ether oxygens (including phenoxy) is 2. The van der Waals surface area contributed by atoms with Crippen molar-refractivity contribution in [1.29, 1.82) is 0 Å². The lowest BCUT2D eigenvalue weighted by molar-refractivity contribution is -0.385. The molecule has 3 aromatic rings. The Morgan fingerprint density at radius 3 is 2.42 bits per heavy atom. The van der Waals surface area contributed by atoms with E-state index >= 15 is 0 Å². The number of methoxy groups -OCH3 is 1. The van der Waals surface area contributed by atoms with Gasteiger partial charge in [0.05, 0.1) is 28.6 Å². The first kappa shape index (κ1) is 27.6. The predicted molar refractivity (Wildman–Crippen MR) is 158 cm³/mol. The monoisotopic (exact) mass is 559 g/mol. The number of hydrogen-bond donors (Lipinski definition) is 1. The SMILES string of the molecule is COc1cc(/C=C2\SC(Nc3ccccc3)N([C@@H]3CCCC[C@@H]3C)C2=O)c([N+](=O)[O-])cc1OCc1ccccc1. The van der Waals surface area contributed by atoms with Crippen molar-refractivity contribution in [2.24, 2.45) is 5.92 Å². The number of nitro benzene ring substituents is 1. The number of rotatable bonds is 9. The summed E-state index contributed by atoms with van der Waals surface area (Å²) in [7, 11) is 1.49. The zero-order valence-electron chi connectivity index (χ0n) is 22.6. The standard InChI is InChI=1S/C31H33N3O5S/c1-21-11-9-10-16-25(21)33-30(35)29(40-31(33)32-24-14-7-4-8-15-24)18-23-17-27(38-2)28(19-26(23)34(36)37)39-20-22-12-5-3-6-13-22/h3-8,12-15,17-19,21,25,31-32H,9-11,16,20H2,1-2H3/b29-18-/t21-,25+,31?/m0/s1. The summed E-state index contributed by atoms with van der Waals surface area (Å²) in [6.45, 7) is 2.44. The Balaban J connectivity index is 1.48. The van der Waals surface area contributed by atoms with Crippen LogP contribution < -0.4 is 14.8 Å². The number of carbonyl (C=O) groups is 1. The van der Waals surface area contributed by atoms with Crippen LogP contribution >= 0.6 is 11.8 Å². The number of hydrogen-bond acceptors (Lipinski definition) is 7. The molecular formula is C31H33N3O5S. The Morgan fingerprint density at radius 1 is 1.05 bits per heavy atom. The van der Waals surface area contributed by atoms with Crippen LogP contribution in [0.5, 0.6) is 11.5 Å². The van der Waals surface area contributed by atoms with Crippen LogP contribution in [0.4, 0.5) is 11.4 Å². The van der Waals surface area contributed by atoms with E-state index in [1.54, 1.807) is 12.1 Å². The molecule has 9 heteroatoms. The van der Waals surface area contributed by atoms with E-state index in [4.69, 9.17) is 9.47 Å². The number of anilines is 1. The maximum Gasteiger partial charge on any atom is 0.280 e. The lowest BCUT2D eigenvalue weighted by Crippen LogP contribution is -2.48. The van der Waals surface area contributed by atoms with Crippen LogP contribution in [0.2, 0.25) is 0 Å². The summed E-state index contributed by atoms with van der Waals surface area (Å²) in [6, 6.07) is 22.4. The highest BCUT2D eigenvalue weighted by molar-refractivity contribution is 8.05. The molecule has 40 heavy (non-hydrogen) atoms. The lowest BCUT2D eigenvalue weighted by atomic mass is 9.85. The first-order valence-corrected chi connectivity index (χ1v) is 14.4. The van der Waals surface area contributed by atoms with Crippen LogP contribution in [-0.2, 0) is 11.4 Å². The molecule has 1 heterocycles. The van der Waals surface area contributed by atoms with Gasteiger partial charge < -0.3 is 19.7 Å². The molecule has 0 radical (unpaired) electrons. The van der Waals surface area contributed by atoms with Gasteiger partial charge in [-0.05, 0) is 48.6 Å². The molecule has 0 aromatic heterocycles. The summed E-state index contributed by atoms with van der Waals surface area (Å²) >= 11 is 1.39. The Morgan fingerprint density at radius 2 is 1.75 bits per heavy atom. The Bertz CT molecular complexity index is 1380. The molecule has 3 aromatic carbocycles. The van der Waals surface area contributed by atoms with Crippen LogP contribution in [0, 0.1) is 16.0 Å². The van der Waals surface area contributed by atoms with Crippen molar-refractivity contribution in [3.8, 4) is 11.5 Å². The summed E-state index contributed by atoms with van der Waals surface area (Å²) in [4.78, 5) is 28.0. The molecule has 2 fully saturated rings. The van der Waals surface area contributed by atoms with E-state index in [0.29, 0.717) is 22.1 Å². The van der Waals surface area contributed by atoms with E-state index in [2.05, 4.69) is 12.2 Å². The van der Waals surface area contributed by atoms with Crippen molar-refractivity contribution in [3.05, 3.63) is 98.9 Å². The number of para-hydroxylation sites is 1. The quantitative estimate of drug-likeness (QED) is 0.170. The van der Waals surface area contributed by atoms with Gasteiger partial charge in [-0.2, -0.15) is 0 Å². The summed E-state index contributed by atoms with van der Waals surface area (Å²) < 4.78 is 11.4. The van der Waals surface area contributed by atoms with Crippen molar-refractivity contribution < 1.29 is 19.2 Å². The van der Waals surface area contributed by atoms with Gasteiger partial charge in [0.2, 0.25) is 0 Å². The summed E-state index contributed by atoms with van der Waals surface area (Å²) in [5.41, 5.74) is 1.67. The molecule has 1 saturated carbocycles. The highest BCUT2D eigenvalue weighted by Crippen LogP contribution is 2.44. The normalized spacial score (nSPS) is 21.9. The first-order valence-electron chi connectivity index (χ1n) is 13.5. The van der Waals surface area contributed by atoms with E-state index < -0.39 is 4.92 Å². The largest absolute Gasteiger partial charge is 0.493 e. The number of amides is 1. The van der Waals surface area contributed by atoms with Gasteiger partial charge in [-0.1, -0.05) is 80.1 Å². The Kier molecular flexibility index (Phi) is 8.60. The molecule has 208 valence electrons. The predicted octanol–water partition coefficient (Wildman–Crippen LogP) is 7.07. The molecule has 1 amide bonds.